The number of nitrogens with zero attached hydrogens (tertiary/aromatic N) is 1. The summed E-state index contributed by atoms with van der Waals surface area (Å²) in [7, 11) is 3.54. The number of hydrogen-bond acceptors (Lipinski definition) is 3. The second-order valence-electron chi connectivity index (χ2n) is 5.50. The lowest BCUT2D eigenvalue weighted by atomic mass is 10.2. The van der Waals surface area contributed by atoms with E-state index < -0.39 is 0 Å². The number of hydrogen-bond donors (Lipinski definition) is 1. The Morgan fingerprint density at radius 2 is 1.96 bits per heavy atom. The van der Waals surface area contributed by atoms with Crippen molar-refractivity contribution in [3.05, 3.63) is 58.9 Å². The number of amides is 1. The minimum absolute atomic E-state index is 0.119. The number of benzene rings is 2. The largest absolute Gasteiger partial charge is 0.496 e. The van der Waals surface area contributed by atoms with E-state index in [4.69, 9.17) is 16.3 Å². The highest BCUT2D eigenvalue weighted by Gasteiger charge is 2.09. The molecule has 0 heterocycles. The number of ether oxygens (including phenoxy) is 1. The molecule has 2 aromatic rings. The third-order valence-electron chi connectivity index (χ3n) is 3.53. The predicted octanol–water partition coefficient (Wildman–Crippen LogP) is 3.95. The Bertz CT molecular complexity index is 692. The zero-order valence-corrected chi connectivity index (χ0v) is 14.4. The Labute approximate surface area is 146 Å². The van der Waals surface area contributed by atoms with Crippen LogP contribution < -0.4 is 10.1 Å². The van der Waals surface area contributed by atoms with Gasteiger partial charge in [-0.15, -0.1) is 0 Å². The molecule has 0 aliphatic heterocycles. The highest BCUT2D eigenvalue weighted by Crippen LogP contribution is 2.23. The van der Waals surface area contributed by atoms with Crippen molar-refractivity contribution in [2.24, 2.45) is 0 Å². The van der Waals surface area contributed by atoms with E-state index >= 15 is 0 Å². The fraction of sp³-hybridized carbons (Fsp3) is 0.278. The summed E-state index contributed by atoms with van der Waals surface area (Å²) in [5.74, 6) is 0.316. The van der Waals surface area contributed by atoms with E-state index in [-0.39, 0.29) is 11.7 Å². The first kappa shape index (κ1) is 18.2. The van der Waals surface area contributed by atoms with Gasteiger partial charge in [-0.25, -0.2) is 4.39 Å². The van der Waals surface area contributed by atoms with Crippen LogP contribution in [0.15, 0.2) is 42.5 Å². The van der Waals surface area contributed by atoms with Crippen LogP contribution in [-0.2, 0) is 11.3 Å². The number of methoxy groups -OCH3 is 1. The van der Waals surface area contributed by atoms with Gasteiger partial charge in [0.25, 0.3) is 0 Å². The number of anilines is 1. The molecule has 4 nitrogen and oxygen atoms in total. The molecular weight excluding hydrogens is 331 g/mol. The summed E-state index contributed by atoms with van der Waals surface area (Å²) < 4.78 is 18.2. The van der Waals surface area contributed by atoms with Crippen molar-refractivity contribution in [3.8, 4) is 5.75 Å². The summed E-state index contributed by atoms with van der Waals surface area (Å²) in [6.07, 6.45) is 0.330. The lowest BCUT2D eigenvalue weighted by Gasteiger charge is -2.18. The second-order valence-corrected chi connectivity index (χ2v) is 5.94. The van der Waals surface area contributed by atoms with Crippen LogP contribution in [0.4, 0.5) is 10.1 Å². The smallest absolute Gasteiger partial charge is 0.225 e. The Balaban J connectivity index is 1.84. The molecule has 0 atom stereocenters. The molecule has 0 spiro atoms. The summed E-state index contributed by atoms with van der Waals surface area (Å²) in [6.45, 7) is 1.19. The fourth-order valence-electron chi connectivity index (χ4n) is 2.29. The predicted molar refractivity (Wildman–Crippen MR) is 94.0 cm³/mol. The average Bonchev–Trinajstić information content (AvgIpc) is 2.55. The minimum atomic E-state index is -0.330. The molecule has 6 heteroatoms. The molecule has 0 bridgehead atoms. The van der Waals surface area contributed by atoms with Crippen molar-refractivity contribution in [2.75, 3.05) is 26.0 Å². The molecule has 0 aliphatic carbocycles. The number of carbonyl (C=O) groups excluding carboxylic acids is 1. The van der Waals surface area contributed by atoms with Crippen molar-refractivity contribution in [1.29, 1.82) is 0 Å². The van der Waals surface area contributed by atoms with Crippen LogP contribution in [0, 0.1) is 5.82 Å². The molecule has 0 aromatic heterocycles. The van der Waals surface area contributed by atoms with Gasteiger partial charge in [-0.3, -0.25) is 4.79 Å². The fourth-order valence-corrected chi connectivity index (χ4v) is 2.48. The Morgan fingerprint density at radius 1 is 1.25 bits per heavy atom. The summed E-state index contributed by atoms with van der Waals surface area (Å²) >= 11 is 6.02. The Morgan fingerprint density at radius 3 is 2.62 bits per heavy atom. The maximum Gasteiger partial charge on any atom is 0.225 e. The van der Waals surface area contributed by atoms with Crippen molar-refractivity contribution in [2.45, 2.75) is 13.0 Å². The van der Waals surface area contributed by atoms with Crippen LogP contribution in [-0.4, -0.2) is 31.5 Å². The van der Waals surface area contributed by atoms with E-state index in [2.05, 4.69) is 5.32 Å². The van der Waals surface area contributed by atoms with Gasteiger partial charge < -0.3 is 15.0 Å². The Kier molecular flexibility index (Phi) is 6.58. The first-order valence-corrected chi connectivity index (χ1v) is 7.92. The molecule has 0 saturated heterocycles. The zero-order chi connectivity index (χ0) is 17.5. The molecule has 2 rings (SSSR count). The molecular formula is C18H20ClFN2O2. The van der Waals surface area contributed by atoms with Crippen LogP contribution in [0.1, 0.15) is 12.0 Å². The summed E-state index contributed by atoms with van der Waals surface area (Å²) in [5, 5.41) is 3.39. The van der Waals surface area contributed by atoms with Crippen LogP contribution in [0.25, 0.3) is 0 Å². The third kappa shape index (κ3) is 5.51. The minimum Gasteiger partial charge on any atom is -0.496 e. The van der Waals surface area contributed by atoms with E-state index in [9.17, 15) is 9.18 Å². The lowest BCUT2D eigenvalue weighted by molar-refractivity contribution is -0.116. The maximum absolute atomic E-state index is 12.8. The van der Waals surface area contributed by atoms with E-state index in [0.717, 1.165) is 11.3 Å². The number of rotatable bonds is 7. The number of nitrogens with one attached hydrogen (secondary N) is 1. The van der Waals surface area contributed by atoms with Gasteiger partial charge in [0.2, 0.25) is 5.91 Å². The normalized spacial score (nSPS) is 10.7. The topological polar surface area (TPSA) is 41.6 Å². The highest BCUT2D eigenvalue weighted by molar-refractivity contribution is 6.30. The van der Waals surface area contributed by atoms with Crippen molar-refractivity contribution >= 4 is 23.2 Å². The van der Waals surface area contributed by atoms with Crippen molar-refractivity contribution < 1.29 is 13.9 Å². The first-order valence-electron chi connectivity index (χ1n) is 7.54. The van der Waals surface area contributed by atoms with Gasteiger partial charge in [0.15, 0.2) is 0 Å². The second kappa shape index (κ2) is 8.66. The SMILES string of the molecule is COc1ccc(Cl)cc1CN(C)CCC(=O)Nc1ccc(F)cc1. The van der Waals surface area contributed by atoms with E-state index in [1.807, 2.05) is 24.1 Å². The molecule has 1 amide bonds. The third-order valence-corrected chi connectivity index (χ3v) is 3.77. The molecule has 0 fully saturated rings. The molecule has 2 aromatic carbocycles. The highest BCUT2D eigenvalue weighted by atomic mass is 35.5. The average molecular weight is 351 g/mol. The van der Waals surface area contributed by atoms with Crippen LogP contribution in [0.5, 0.6) is 5.75 Å². The molecule has 0 aliphatic rings. The molecule has 24 heavy (non-hydrogen) atoms. The Hall–Kier alpha value is -2.11. The van der Waals surface area contributed by atoms with Crippen molar-refractivity contribution in [3.63, 3.8) is 0 Å². The van der Waals surface area contributed by atoms with Crippen LogP contribution >= 0.6 is 11.6 Å². The first-order chi connectivity index (χ1) is 11.5. The standard InChI is InChI=1S/C18H20ClFN2O2/c1-22(12-13-11-14(19)3-8-17(13)24-2)10-9-18(23)21-16-6-4-15(20)5-7-16/h3-8,11H,9-10,12H2,1-2H3,(H,21,23). The molecule has 0 radical (unpaired) electrons. The summed E-state index contributed by atoms with van der Waals surface area (Å²) in [4.78, 5) is 14.0. The number of halogens is 2. The van der Waals surface area contributed by atoms with E-state index in [0.29, 0.717) is 30.2 Å². The molecule has 0 unspecified atom stereocenters. The van der Waals surface area contributed by atoms with Gasteiger partial charge in [0.05, 0.1) is 7.11 Å². The van der Waals surface area contributed by atoms with Gasteiger partial charge in [-0.2, -0.15) is 0 Å². The zero-order valence-electron chi connectivity index (χ0n) is 13.7. The van der Waals surface area contributed by atoms with Gasteiger partial charge in [-0.1, -0.05) is 11.6 Å². The molecule has 1 N–H and O–H groups in total. The lowest BCUT2D eigenvalue weighted by Crippen LogP contribution is -2.24. The van der Waals surface area contributed by atoms with Gasteiger partial charge in [0, 0.05) is 35.8 Å². The van der Waals surface area contributed by atoms with Gasteiger partial charge >= 0.3 is 0 Å². The van der Waals surface area contributed by atoms with Gasteiger partial charge in [-0.05, 0) is 49.5 Å². The van der Waals surface area contributed by atoms with Crippen molar-refractivity contribution in [1.82, 2.24) is 4.90 Å². The van der Waals surface area contributed by atoms with E-state index in [1.54, 1.807) is 13.2 Å². The molecule has 0 saturated carbocycles. The monoisotopic (exact) mass is 350 g/mol. The summed E-state index contributed by atoms with van der Waals surface area (Å²) in [6, 6.07) is 11.2. The number of carbonyl (C=O) groups is 1. The summed E-state index contributed by atoms with van der Waals surface area (Å²) in [5.41, 5.74) is 1.55. The van der Waals surface area contributed by atoms with E-state index in [1.165, 1.54) is 24.3 Å². The maximum atomic E-state index is 12.8. The quantitative estimate of drug-likeness (QED) is 0.822. The molecule has 128 valence electrons. The van der Waals surface area contributed by atoms with Gasteiger partial charge in [0.1, 0.15) is 11.6 Å². The van der Waals surface area contributed by atoms with Crippen LogP contribution in [0.2, 0.25) is 5.02 Å². The van der Waals surface area contributed by atoms with Crippen LogP contribution in [0.3, 0.4) is 0 Å².